The number of nitrogens with one attached hydrogen (secondary N) is 1. The number of benzene rings is 1. The molecule has 2 N–H and O–H groups in total. The van der Waals surface area contributed by atoms with E-state index >= 15 is 0 Å². The number of aliphatic carboxylic acids is 1. The molecule has 0 atom stereocenters. The molecule has 108 valence electrons. The van der Waals surface area contributed by atoms with Crippen LogP contribution in [0.5, 0.6) is 0 Å². The van der Waals surface area contributed by atoms with Gasteiger partial charge in [-0.15, -0.1) is 0 Å². The Balaban J connectivity index is 2.62. The van der Waals surface area contributed by atoms with Gasteiger partial charge < -0.3 is 10.4 Å². The molecule has 1 amide bonds. The molecule has 0 aliphatic carbocycles. The van der Waals surface area contributed by atoms with E-state index in [4.69, 9.17) is 5.11 Å². The summed E-state index contributed by atoms with van der Waals surface area (Å²) < 4.78 is 0. The molecule has 0 aliphatic heterocycles. The van der Waals surface area contributed by atoms with Crippen molar-refractivity contribution >= 4 is 18.0 Å². The number of carbonyl (C=O) groups is 2. The van der Waals surface area contributed by atoms with E-state index in [1.807, 2.05) is 32.0 Å². The van der Waals surface area contributed by atoms with Crippen LogP contribution in [0.2, 0.25) is 0 Å². The first-order valence-electron chi connectivity index (χ1n) is 6.49. The SMILES string of the molecule is Cc1ccc(/C=C/C(=O)NCC(C)(C)C(=O)O)c(C)c1. The zero-order chi connectivity index (χ0) is 15.3. The normalized spacial score (nSPS) is 11.6. The Kier molecular flexibility index (Phi) is 5.08. The zero-order valence-electron chi connectivity index (χ0n) is 12.4. The van der Waals surface area contributed by atoms with Gasteiger partial charge in [0.1, 0.15) is 0 Å². The zero-order valence-corrected chi connectivity index (χ0v) is 12.4. The lowest BCUT2D eigenvalue weighted by atomic mass is 9.94. The van der Waals surface area contributed by atoms with Gasteiger partial charge >= 0.3 is 5.97 Å². The summed E-state index contributed by atoms with van der Waals surface area (Å²) in [7, 11) is 0. The van der Waals surface area contributed by atoms with Crippen molar-refractivity contribution in [3.05, 3.63) is 41.0 Å². The van der Waals surface area contributed by atoms with Crippen LogP contribution in [0, 0.1) is 19.3 Å². The standard InChI is InChI=1S/C16H21NO3/c1-11-5-6-13(12(2)9-11)7-8-14(18)17-10-16(3,4)15(19)20/h5-9H,10H2,1-4H3,(H,17,18)(H,19,20)/b8-7+. The Bertz CT molecular complexity index is 545. The van der Waals surface area contributed by atoms with Gasteiger partial charge in [0, 0.05) is 12.6 Å². The quantitative estimate of drug-likeness (QED) is 0.812. The van der Waals surface area contributed by atoms with Crippen molar-refractivity contribution < 1.29 is 14.7 Å². The molecule has 0 fully saturated rings. The first-order chi connectivity index (χ1) is 9.22. The molecule has 0 saturated heterocycles. The van der Waals surface area contributed by atoms with E-state index in [0.717, 1.165) is 11.1 Å². The van der Waals surface area contributed by atoms with Gasteiger partial charge in [-0.3, -0.25) is 9.59 Å². The molecule has 0 unspecified atom stereocenters. The smallest absolute Gasteiger partial charge is 0.310 e. The second kappa shape index (κ2) is 6.37. The monoisotopic (exact) mass is 275 g/mol. The predicted octanol–water partition coefficient (Wildman–Crippen LogP) is 2.54. The van der Waals surface area contributed by atoms with Crippen molar-refractivity contribution in [2.24, 2.45) is 5.41 Å². The van der Waals surface area contributed by atoms with E-state index in [1.54, 1.807) is 19.9 Å². The van der Waals surface area contributed by atoms with E-state index in [2.05, 4.69) is 5.32 Å². The lowest BCUT2D eigenvalue weighted by molar-refractivity contribution is -0.146. The second-order valence-electron chi connectivity index (χ2n) is 5.60. The maximum Gasteiger partial charge on any atom is 0.310 e. The van der Waals surface area contributed by atoms with Gasteiger partial charge in [-0.1, -0.05) is 23.8 Å². The third-order valence-corrected chi connectivity index (χ3v) is 3.12. The number of hydrogen-bond acceptors (Lipinski definition) is 2. The Morgan fingerprint density at radius 3 is 2.50 bits per heavy atom. The number of carbonyl (C=O) groups excluding carboxylic acids is 1. The maximum absolute atomic E-state index is 11.7. The van der Waals surface area contributed by atoms with Crippen LogP contribution in [-0.4, -0.2) is 23.5 Å². The molecule has 0 spiro atoms. The van der Waals surface area contributed by atoms with Crippen LogP contribution in [0.15, 0.2) is 24.3 Å². The van der Waals surface area contributed by atoms with Gasteiger partial charge in [0.05, 0.1) is 5.41 Å². The summed E-state index contributed by atoms with van der Waals surface area (Å²) in [6, 6.07) is 5.98. The molecule has 0 saturated carbocycles. The van der Waals surface area contributed by atoms with Crippen molar-refractivity contribution in [3.8, 4) is 0 Å². The Morgan fingerprint density at radius 1 is 1.30 bits per heavy atom. The predicted molar refractivity (Wildman–Crippen MR) is 79.4 cm³/mol. The van der Waals surface area contributed by atoms with Crippen LogP contribution in [0.3, 0.4) is 0 Å². The molecule has 0 heterocycles. The maximum atomic E-state index is 11.7. The van der Waals surface area contributed by atoms with Gasteiger partial charge in [-0.2, -0.15) is 0 Å². The minimum atomic E-state index is -0.969. The highest BCUT2D eigenvalue weighted by Crippen LogP contribution is 2.14. The highest BCUT2D eigenvalue weighted by Gasteiger charge is 2.27. The molecule has 0 aliphatic rings. The number of hydrogen-bond donors (Lipinski definition) is 2. The molecule has 0 radical (unpaired) electrons. The Labute approximate surface area is 119 Å². The van der Waals surface area contributed by atoms with Gasteiger partial charge in [-0.05, 0) is 44.9 Å². The largest absolute Gasteiger partial charge is 0.481 e. The van der Waals surface area contributed by atoms with E-state index in [-0.39, 0.29) is 12.5 Å². The fourth-order valence-electron chi connectivity index (χ4n) is 1.62. The van der Waals surface area contributed by atoms with Crippen LogP contribution < -0.4 is 5.32 Å². The molecule has 20 heavy (non-hydrogen) atoms. The minimum absolute atomic E-state index is 0.0956. The van der Waals surface area contributed by atoms with E-state index in [1.165, 1.54) is 11.6 Å². The summed E-state index contributed by atoms with van der Waals surface area (Å²) in [5, 5.41) is 11.6. The van der Waals surface area contributed by atoms with E-state index < -0.39 is 11.4 Å². The lowest BCUT2D eigenvalue weighted by Crippen LogP contribution is -2.38. The molecule has 4 heteroatoms. The van der Waals surface area contributed by atoms with Crippen molar-refractivity contribution in [2.75, 3.05) is 6.54 Å². The van der Waals surface area contributed by atoms with Crippen LogP contribution in [0.25, 0.3) is 6.08 Å². The van der Waals surface area contributed by atoms with Crippen molar-refractivity contribution in [1.82, 2.24) is 5.32 Å². The fourth-order valence-corrected chi connectivity index (χ4v) is 1.62. The van der Waals surface area contributed by atoms with Gasteiger partial charge in [-0.25, -0.2) is 0 Å². The van der Waals surface area contributed by atoms with Gasteiger partial charge in [0.2, 0.25) is 5.91 Å². The summed E-state index contributed by atoms with van der Waals surface area (Å²) in [6.07, 6.45) is 3.16. The number of aryl methyl sites for hydroxylation is 2. The van der Waals surface area contributed by atoms with Crippen molar-refractivity contribution in [3.63, 3.8) is 0 Å². The Hall–Kier alpha value is -2.10. The molecule has 1 rings (SSSR count). The molecular formula is C16H21NO3. The number of carboxylic acid groups (broad SMARTS) is 1. The minimum Gasteiger partial charge on any atom is -0.481 e. The first kappa shape index (κ1) is 16.0. The van der Waals surface area contributed by atoms with Crippen LogP contribution >= 0.6 is 0 Å². The molecular weight excluding hydrogens is 254 g/mol. The molecule has 1 aromatic rings. The summed E-state index contributed by atoms with van der Waals surface area (Å²) in [5.41, 5.74) is 2.28. The highest BCUT2D eigenvalue weighted by atomic mass is 16.4. The van der Waals surface area contributed by atoms with Crippen molar-refractivity contribution in [2.45, 2.75) is 27.7 Å². The Morgan fingerprint density at radius 2 is 1.95 bits per heavy atom. The summed E-state index contributed by atoms with van der Waals surface area (Å²) in [4.78, 5) is 22.6. The van der Waals surface area contributed by atoms with Gasteiger partial charge in [0.25, 0.3) is 0 Å². The number of rotatable bonds is 5. The summed E-state index contributed by atoms with van der Waals surface area (Å²) >= 11 is 0. The van der Waals surface area contributed by atoms with E-state index in [0.29, 0.717) is 0 Å². The fraction of sp³-hybridized carbons (Fsp3) is 0.375. The molecule has 1 aromatic carbocycles. The topological polar surface area (TPSA) is 66.4 Å². The molecule has 0 aromatic heterocycles. The van der Waals surface area contributed by atoms with Crippen LogP contribution in [0.4, 0.5) is 0 Å². The summed E-state index contributed by atoms with van der Waals surface area (Å²) in [6.45, 7) is 7.24. The van der Waals surface area contributed by atoms with Gasteiger partial charge in [0.15, 0.2) is 0 Å². The first-order valence-corrected chi connectivity index (χ1v) is 6.49. The average molecular weight is 275 g/mol. The molecule has 0 bridgehead atoms. The van der Waals surface area contributed by atoms with Crippen LogP contribution in [0.1, 0.15) is 30.5 Å². The second-order valence-corrected chi connectivity index (χ2v) is 5.60. The number of carboxylic acids is 1. The molecule has 4 nitrogen and oxygen atoms in total. The average Bonchev–Trinajstić information content (AvgIpc) is 2.35. The van der Waals surface area contributed by atoms with E-state index in [9.17, 15) is 9.59 Å². The highest BCUT2D eigenvalue weighted by molar-refractivity contribution is 5.92. The third-order valence-electron chi connectivity index (χ3n) is 3.12. The van der Waals surface area contributed by atoms with Crippen LogP contribution in [-0.2, 0) is 9.59 Å². The number of amides is 1. The summed E-state index contributed by atoms with van der Waals surface area (Å²) in [5.74, 6) is -1.23. The lowest BCUT2D eigenvalue weighted by Gasteiger charge is -2.18. The third kappa shape index (κ3) is 4.53. The van der Waals surface area contributed by atoms with Crippen molar-refractivity contribution in [1.29, 1.82) is 0 Å².